The summed E-state index contributed by atoms with van der Waals surface area (Å²) in [7, 11) is 0. The number of nitrogens with zero attached hydrogens (tertiary/aromatic N) is 1. The molecule has 0 aromatic rings. The van der Waals surface area contributed by atoms with E-state index in [2.05, 4.69) is 4.85 Å². The van der Waals surface area contributed by atoms with Gasteiger partial charge in [-0.05, 0) is 0 Å². The molecule has 0 unspecified atom stereocenters. The molecule has 2 heteroatoms. The number of carbonyl (C=O) groups is 1. The SMILES string of the molecule is [C-]#[N+]CC=O. The van der Waals surface area contributed by atoms with E-state index in [1.54, 1.807) is 0 Å². The third-order valence-electron chi connectivity index (χ3n) is 0.166. The summed E-state index contributed by atoms with van der Waals surface area (Å²) >= 11 is 0. The van der Waals surface area contributed by atoms with Gasteiger partial charge in [0.2, 0.25) is 0 Å². The molecule has 0 fully saturated rings. The lowest BCUT2D eigenvalue weighted by Crippen LogP contribution is -1.69. The minimum Gasteiger partial charge on any atom is -0.309 e. The van der Waals surface area contributed by atoms with Gasteiger partial charge in [-0.15, -0.1) is 0 Å². The van der Waals surface area contributed by atoms with Crippen LogP contribution >= 0.6 is 0 Å². The van der Waals surface area contributed by atoms with Crippen LogP contribution in [0.3, 0.4) is 0 Å². The summed E-state index contributed by atoms with van der Waals surface area (Å²) in [5, 5.41) is 0. The maximum absolute atomic E-state index is 9.19. The highest BCUT2D eigenvalue weighted by Crippen LogP contribution is 1.50. The lowest BCUT2D eigenvalue weighted by Gasteiger charge is -1.53. The quantitative estimate of drug-likeness (QED) is 0.316. The average molecular weight is 69.1 g/mol. The summed E-state index contributed by atoms with van der Waals surface area (Å²) < 4.78 is 0. The normalized spacial score (nSPS) is 5.40. The Morgan fingerprint density at radius 3 is 2.60 bits per heavy atom. The molecule has 0 heterocycles. The van der Waals surface area contributed by atoms with Crippen LogP contribution in [0.4, 0.5) is 0 Å². The molecule has 0 N–H and O–H groups in total. The Kier molecular flexibility index (Phi) is 2.63. The van der Waals surface area contributed by atoms with Crippen LogP contribution in [0, 0.1) is 6.57 Å². The van der Waals surface area contributed by atoms with Crippen LogP contribution in [0.2, 0.25) is 0 Å². The van der Waals surface area contributed by atoms with Crippen molar-refractivity contribution in [3.8, 4) is 0 Å². The lowest BCUT2D eigenvalue weighted by molar-refractivity contribution is -0.106. The summed E-state index contributed by atoms with van der Waals surface area (Å²) in [5.74, 6) is 0. The van der Waals surface area contributed by atoms with Crippen molar-refractivity contribution in [2.45, 2.75) is 0 Å². The highest BCUT2D eigenvalue weighted by Gasteiger charge is 1.66. The molecule has 0 aliphatic carbocycles. The summed E-state index contributed by atoms with van der Waals surface area (Å²) in [4.78, 5) is 11.9. The van der Waals surface area contributed by atoms with E-state index >= 15 is 0 Å². The van der Waals surface area contributed by atoms with E-state index in [1.807, 2.05) is 0 Å². The van der Waals surface area contributed by atoms with Crippen LogP contribution in [0.5, 0.6) is 0 Å². The van der Waals surface area contributed by atoms with Gasteiger partial charge in [-0.25, -0.2) is 6.57 Å². The molecule has 0 aliphatic heterocycles. The van der Waals surface area contributed by atoms with E-state index < -0.39 is 0 Å². The fourth-order valence-corrected chi connectivity index (χ4v) is 0.0373. The second kappa shape index (κ2) is 3.16. The van der Waals surface area contributed by atoms with Gasteiger partial charge in [-0.2, -0.15) is 0 Å². The molecule has 0 rings (SSSR count). The van der Waals surface area contributed by atoms with E-state index in [4.69, 9.17) is 6.57 Å². The van der Waals surface area contributed by atoms with E-state index in [1.165, 1.54) is 0 Å². The Hall–Kier alpha value is -0.840. The van der Waals surface area contributed by atoms with Crippen molar-refractivity contribution in [2.75, 3.05) is 6.54 Å². The van der Waals surface area contributed by atoms with Crippen LogP contribution in [-0.4, -0.2) is 12.8 Å². The minimum absolute atomic E-state index is 0. The molecule has 0 bridgehead atoms. The minimum atomic E-state index is 0. The Morgan fingerprint density at radius 1 is 2.00 bits per heavy atom. The molecule has 0 aromatic heterocycles. The van der Waals surface area contributed by atoms with Gasteiger partial charge in [0.1, 0.15) is 0 Å². The van der Waals surface area contributed by atoms with Crippen molar-refractivity contribution in [3.05, 3.63) is 11.4 Å². The first-order chi connectivity index (χ1) is 2.41. The monoisotopic (exact) mass is 69.0 g/mol. The third kappa shape index (κ3) is 3.16. The van der Waals surface area contributed by atoms with Gasteiger partial charge >= 0.3 is 0 Å². The molecule has 0 atom stereocenters. The number of aldehydes is 1. The maximum Gasteiger partial charge on any atom is 0.269 e. The second-order valence-electron chi connectivity index (χ2n) is 0.507. The van der Waals surface area contributed by atoms with E-state index in [-0.39, 0.29) is 6.54 Å². The standard InChI is InChI=1S/C3H3NO/c1-4-2-3-5/h3H,2H2. The van der Waals surface area contributed by atoms with Crippen LogP contribution in [-0.2, 0) is 4.79 Å². The molecule has 26 valence electrons. The third-order valence-corrected chi connectivity index (χ3v) is 0.166. The number of hydrogen-bond donors (Lipinski definition) is 0. The van der Waals surface area contributed by atoms with Crippen molar-refractivity contribution in [1.82, 2.24) is 0 Å². The van der Waals surface area contributed by atoms with Gasteiger partial charge in [0.25, 0.3) is 6.54 Å². The second-order valence-corrected chi connectivity index (χ2v) is 0.507. The Bertz CT molecular complexity index is 61.8. The van der Waals surface area contributed by atoms with Gasteiger partial charge in [0.05, 0.1) is 0 Å². The van der Waals surface area contributed by atoms with Crippen LogP contribution in [0.15, 0.2) is 0 Å². The van der Waals surface area contributed by atoms with Gasteiger partial charge in [-0.3, -0.25) is 4.79 Å². The zero-order valence-corrected chi connectivity index (χ0v) is 2.64. The first kappa shape index (κ1) is 4.16. The van der Waals surface area contributed by atoms with Crippen molar-refractivity contribution < 1.29 is 4.79 Å². The molecule has 2 nitrogen and oxygen atoms in total. The van der Waals surface area contributed by atoms with Crippen molar-refractivity contribution in [1.29, 1.82) is 0 Å². The largest absolute Gasteiger partial charge is 0.309 e. The molecular weight excluding hydrogens is 66.0 g/mol. The first-order valence-electron chi connectivity index (χ1n) is 1.18. The summed E-state index contributed by atoms with van der Waals surface area (Å²) in [6.45, 7) is 6.00. The summed E-state index contributed by atoms with van der Waals surface area (Å²) in [5.41, 5.74) is 0. The summed E-state index contributed by atoms with van der Waals surface area (Å²) in [6.07, 6.45) is 0.576. The number of carbonyl (C=O) groups excluding carboxylic acids is 1. The van der Waals surface area contributed by atoms with Crippen LogP contribution in [0.25, 0.3) is 4.85 Å². The summed E-state index contributed by atoms with van der Waals surface area (Å²) in [6, 6.07) is 0. The molecule has 0 saturated heterocycles. The van der Waals surface area contributed by atoms with Crippen molar-refractivity contribution in [3.63, 3.8) is 0 Å². The zero-order valence-electron chi connectivity index (χ0n) is 2.64. The fourth-order valence-electron chi connectivity index (χ4n) is 0.0373. The first-order valence-corrected chi connectivity index (χ1v) is 1.18. The van der Waals surface area contributed by atoms with Crippen LogP contribution < -0.4 is 0 Å². The molecule has 0 amide bonds. The predicted molar refractivity (Wildman–Crippen MR) is 17.5 cm³/mol. The van der Waals surface area contributed by atoms with Gasteiger partial charge in [-0.1, -0.05) is 0 Å². The average Bonchev–Trinajstić information content (AvgIpc) is 1.41. The smallest absolute Gasteiger partial charge is 0.269 e. The molecule has 0 aromatic carbocycles. The topological polar surface area (TPSA) is 21.4 Å². The molecule has 0 aliphatic rings. The van der Waals surface area contributed by atoms with Crippen molar-refractivity contribution >= 4 is 6.29 Å². The van der Waals surface area contributed by atoms with E-state index in [0.717, 1.165) is 0 Å². The van der Waals surface area contributed by atoms with Gasteiger partial charge in [0, 0.05) is 0 Å². The maximum atomic E-state index is 9.19. The van der Waals surface area contributed by atoms with Gasteiger partial charge < -0.3 is 4.85 Å². The number of rotatable bonds is 1. The highest BCUT2D eigenvalue weighted by molar-refractivity contribution is 5.53. The van der Waals surface area contributed by atoms with Crippen molar-refractivity contribution in [2.24, 2.45) is 0 Å². The molecule has 0 saturated carbocycles. The lowest BCUT2D eigenvalue weighted by atomic mass is 10.8. The van der Waals surface area contributed by atoms with E-state index in [0.29, 0.717) is 6.29 Å². The molecule has 0 spiro atoms. The Morgan fingerprint density at radius 2 is 2.60 bits per heavy atom. The van der Waals surface area contributed by atoms with Gasteiger partial charge in [0.15, 0.2) is 6.29 Å². The predicted octanol–water partition coefficient (Wildman–Crippen LogP) is 0.105. The molecule has 5 heavy (non-hydrogen) atoms. The molecular formula is C3H3NO. The Balaban J connectivity index is 2.75. The van der Waals surface area contributed by atoms with Crippen LogP contribution in [0.1, 0.15) is 0 Å². The van der Waals surface area contributed by atoms with E-state index in [9.17, 15) is 4.79 Å². The fraction of sp³-hybridized carbons (Fsp3) is 0.333. The highest BCUT2D eigenvalue weighted by atomic mass is 16.1. The molecule has 0 radical (unpaired) electrons. The zero-order chi connectivity index (χ0) is 4.12. The number of hydrogen-bond acceptors (Lipinski definition) is 1. The Labute approximate surface area is 30.2 Å².